The first-order chi connectivity index (χ1) is 9.17. The molecular weight excluding hydrogens is 240 g/mol. The third kappa shape index (κ3) is 4.06. The van der Waals surface area contributed by atoms with Crippen molar-refractivity contribution in [2.24, 2.45) is 0 Å². The maximum absolute atomic E-state index is 12.0. The summed E-state index contributed by atoms with van der Waals surface area (Å²) in [6.07, 6.45) is 7.14. The highest BCUT2D eigenvalue weighted by molar-refractivity contribution is 5.77. The lowest BCUT2D eigenvalue weighted by Gasteiger charge is -2.26. The molecule has 0 bridgehead atoms. The number of likely N-dealkylation sites (N-methyl/N-ethyl adjacent to an activating group) is 1. The van der Waals surface area contributed by atoms with Crippen LogP contribution in [0.15, 0.2) is 12.4 Å². The summed E-state index contributed by atoms with van der Waals surface area (Å²) in [6.45, 7) is 7.41. The van der Waals surface area contributed by atoms with E-state index < -0.39 is 0 Å². The first-order valence-corrected chi connectivity index (χ1v) is 7.18. The van der Waals surface area contributed by atoms with E-state index in [2.05, 4.69) is 34.3 Å². The summed E-state index contributed by atoms with van der Waals surface area (Å²) in [4.78, 5) is 14.4. The molecule has 0 unspecified atom stereocenters. The van der Waals surface area contributed by atoms with E-state index in [9.17, 15) is 4.79 Å². The van der Waals surface area contributed by atoms with Gasteiger partial charge in [-0.1, -0.05) is 13.8 Å². The topological polar surface area (TPSA) is 61.0 Å². The van der Waals surface area contributed by atoms with Crippen LogP contribution in [0.25, 0.3) is 0 Å². The van der Waals surface area contributed by atoms with Crippen LogP contribution in [0.5, 0.6) is 0 Å². The quantitative estimate of drug-likeness (QED) is 0.744. The number of aryl methyl sites for hydroxylation is 1. The lowest BCUT2D eigenvalue weighted by molar-refractivity contribution is -0.122. The zero-order valence-corrected chi connectivity index (χ0v) is 11.9. The number of carbonyl (C=O) groups is 1. The number of carbonyl (C=O) groups excluding carboxylic acids is 1. The van der Waals surface area contributed by atoms with Gasteiger partial charge in [0.05, 0.1) is 11.7 Å². The molecule has 1 aromatic heterocycles. The third-order valence-electron chi connectivity index (χ3n) is 3.87. The summed E-state index contributed by atoms with van der Waals surface area (Å²) in [5.41, 5.74) is 1.14. The number of hydrogen-bond donors (Lipinski definition) is 2. The third-order valence-corrected chi connectivity index (χ3v) is 3.87. The summed E-state index contributed by atoms with van der Waals surface area (Å²) in [7, 11) is 0. The first kappa shape index (κ1) is 14.1. The van der Waals surface area contributed by atoms with E-state index in [4.69, 9.17) is 0 Å². The Kier molecular flexibility index (Phi) is 4.58. The zero-order chi connectivity index (χ0) is 13.7. The monoisotopic (exact) mass is 264 g/mol. The molecule has 0 aromatic carbocycles. The highest BCUT2D eigenvalue weighted by Crippen LogP contribution is 2.36. The molecule has 0 aliphatic heterocycles. The van der Waals surface area contributed by atoms with Gasteiger partial charge >= 0.3 is 0 Å². The van der Waals surface area contributed by atoms with E-state index in [1.165, 1.54) is 0 Å². The van der Waals surface area contributed by atoms with Crippen LogP contribution < -0.4 is 5.32 Å². The van der Waals surface area contributed by atoms with Crippen molar-refractivity contribution in [2.45, 2.75) is 45.1 Å². The van der Waals surface area contributed by atoms with Crippen LogP contribution in [0.4, 0.5) is 0 Å². The van der Waals surface area contributed by atoms with Crippen molar-refractivity contribution in [3.8, 4) is 0 Å². The Morgan fingerprint density at radius 1 is 1.47 bits per heavy atom. The van der Waals surface area contributed by atoms with Gasteiger partial charge in [-0.3, -0.25) is 9.89 Å². The molecule has 0 radical (unpaired) electrons. The minimum absolute atomic E-state index is 0.0551. The maximum atomic E-state index is 12.0. The molecular formula is C14H24N4O. The molecule has 1 aromatic rings. The Labute approximate surface area is 114 Å². The molecule has 0 atom stereocenters. The van der Waals surface area contributed by atoms with Gasteiger partial charge in [0, 0.05) is 19.2 Å². The molecule has 1 aliphatic rings. The molecule has 5 heteroatoms. The Bertz CT molecular complexity index is 394. The summed E-state index contributed by atoms with van der Waals surface area (Å²) < 4.78 is 0. The normalized spacial score (nSPS) is 16.6. The fourth-order valence-corrected chi connectivity index (χ4v) is 2.38. The van der Waals surface area contributed by atoms with Crippen molar-refractivity contribution in [1.82, 2.24) is 20.4 Å². The second-order valence-corrected chi connectivity index (χ2v) is 5.40. The predicted octanol–water partition coefficient (Wildman–Crippen LogP) is 1.33. The van der Waals surface area contributed by atoms with Crippen LogP contribution in [0.3, 0.4) is 0 Å². The van der Waals surface area contributed by atoms with Crippen LogP contribution in [0, 0.1) is 0 Å². The Morgan fingerprint density at radius 2 is 2.21 bits per heavy atom. The van der Waals surface area contributed by atoms with Gasteiger partial charge in [0.25, 0.3) is 0 Å². The predicted molar refractivity (Wildman–Crippen MR) is 74.8 cm³/mol. The lowest BCUT2D eigenvalue weighted by atomic mass is 10.1. The van der Waals surface area contributed by atoms with Gasteiger partial charge in [0.1, 0.15) is 0 Å². The number of nitrogens with one attached hydrogen (secondary N) is 2. The number of nitrogens with zero attached hydrogens (tertiary/aromatic N) is 2. The van der Waals surface area contributed by atoms with Crippen LogP contribution in [0.1, 0.15) is 38.7 Å². The number of amides is 1. The summed E-state index contributed by atoms with van der Waals surface area (Å²) in [6, 6.07) is 0. The first-order valence-electron chi connectivity index (χ1n) is 7.18. The molecule has 1 heterocycles. The Morgan fingerprint density at radius 3 is 2.74 bits per heavy atom. The summed E-state index contributed by atoms with van der Waals surface area (Å²) >= 11 is 0. The van der Waals surface area contributed by atoms with Crippen molar-refractivity contribution in [3.63, 3.8) is 0 Å². The molecule has 0 saturated heterocycles. The molecule has 1 fully saturated rings. The number of hydrogen-bond acceptors (Lipinski definition) is 3. The van der Waals surface area contributed by atoms with Gasteiger partial charge in [-0.25, -0.2) is 0 Å². The van der Waals surface area contributed by atoms with Crippen LogP contribution >= 0.6 is 0 Å². The smallest absolute Gasteiger partial charge is 0.220 e. The fourth-order valence-electron chi connectivity index (χ4n) is 2.38. The van der Waals surface area contributed by atoms with Gasteiger partial charge in [-0.05, 0) is 37.9 Å². The molecule has 1 amide bonds. The SMILES string of the molecule is CCN(CC)CC1(NC(=O)CCc2cn[nH]c2)CC1. The van der Waals surface area contributed by atoms with Crippen LogP contribution in [0.2, 0.25) is 0 Å². The molecule has 1 saturated carbocycles. The molecule has 2 rings (SSSR count). The minimum atomic E-state index is 0.0551. The minimum Gasteiger partial charge on any atom is -0.349 e. The molecule has 5 nitrogen and oxygen atoms in total. The van der Waals surface area contributed by atoms with Gasteiger partial charge in [0.15, 0.2) is 0 Å². The molecule has 2 N–H and O–H groups in total. The lowest BCUT2D eigenvalue weighted by Crippen LogP contribution is -2.45. The maximum Gasteiger partial charge on any atom is 0.220 e. The Balaban J connectivity index is 1.75. The van der Waals surface area contributed by atoms with E-state index in [0.29, 0.717) is 6.42 Å². The molecule has 19 heavy (non-hydrogen) atoms. The highest BCUT2D eigenvalue weighted by atomic mass is 16.1. The van der Waals surface area contributed by atoms with Gasteiger partial charge < -0.3 is 10.2 Å². The van der Waals surface area contributed by atoms with E-state index >= 15 is 0 Å². The van der Waals surface area contributed by atoms with Crippen molar-refractivity contribution >= 4 is 5.91 Å². The fraction of sp³-hybridized carbons (Fsp3) is 0.714. The van der Waals surface area contributed by atoms with Crippen molar-refractivity contribution in [1.29, 1.82) is 0 Å². The zero-order valence-electron chi connectivity index (χ0n) is 11.9. The molecule has 0 spiro atoms. The Hall–Kier alpha value is -1.36. The number of H-pyrrole nitrogens is 1. The van der Waals surface area contributed by atoms with E-state index in [0.717, 1.165) is 44.5 Å². The largest absolute Gasteiger partial charge is 0.349 e. The van der Waals surface area contributed by atoms with E-state index in [-0.39, 0.29) is 11.4 Å². The standard InChI is InChI=1S/C14H24N4O/c1-3-18(4-2)11-14(7-8-14)17-13(19)6-5-12-9-15-16-10-12/h9-10H,3-8,11H2,1-2H3,(H,15,16)(H,17,19). The average molecular weight is 264 g/mol. The highest BCUT2D eigenvalue weighted by Gasteiger charge is 2.44. The molecule has 106 valence electrons. The van der Waals surface area contributed by atoms with E-state index in [1.54, 1.807) is 6.20 Å². The van der Waals surface area contributed by atoms with Crippen molar-refractivity contribution < 1.29 is 4.79 Å². The van der Waals surface area contributed by atoms with Gasteiger partial charge in [-0.15, -0.1) is 0 Å². The second-order valence-electron chi connectivity index (χ2n) is 5.40. The van der Waals surface area contributed by atoms with Crippen molar-refractivity contribution in [2.75, 3.05) is 19.6 Å². The van der Waals surface area contributed by atoms with Gasteiger partial charge in [-0.2, -0.15) is 5.10 Å². The number of aromatic nitrogens is 2. The molecule has 1 aliphatic carbocycles. The number of rotatable bonds is 8. The second kappa shape index (κ2) is 6.19. The summed E-state index contributed by atoms with van der Waals surface area (Å²) in [5, 5.41) is 9.87. The number of aromatic amines is 1. The van der Waals surface area contributed by atoms with Crippen molar-refractivity contribution in [3.05, 3.63) is 18.0 Å². The average Bonchev–Trinajstić information content (AvgIpc) is 2.95. The van der Waals surface area contributed by atoms with Gasteiger partial charge in [0.2, 0.25) is 5.91 Å². The van der Waals surface area contributed by atoms with Crippen LogP contribution in [-0.2, 0) is 11.2 Å². The summed E-state index contributed by atoms with van der Waals surface area (Å²) in [5.74, 6) is 0.158. The van der Waals surface area contributed by atoms with E-state index in [1.807, 2.05) is 6.20 Å². The van der Waals surface area contributed by atoms with Crippen LogP contribution in [-0.4, -0.2) is 46.2 Å².